The topological polar surface area (TPSA) is 537 Å². The Morgan fingerprint density at radius 2 is 0.770 bits per heavy atom. The van der Waals surface area contributed by atoms with E-state index in [0.29, 0.717) is 0 Å². The van der Waals surface area contributed by atoms with Gasteiger partial charge in [0.25, 0.3) is 0 Å². The zero-order chi connectivity index (χ0) is 47.6. The number of hydrogen-bond acceptors (Lipinski definition) is 26. The van der Waals surface area contributed by atoms with Crippen molar-refractivity contribution < 1.29 is 149 Å². The SMILES string of the molecule is CC(O)C(=O)O[C@@H](C(=O)[O-])[C@@H](OC(=O)CC(O)(CC(=O)O)C(=O)O)[C@H](O)[C@H](O)CO.CC(O)C(=O)O[C@@H](C(=O)[O-])[C@@H](OC(=O)CC(O)(CC(=O)O)C(=O)O)[C@H](O)[C@H](O)CO.[Ca+2]. The number of ether oxygens (including phenoxy) is 4. The summed E-state index contributed by atoms with van der Waals surface area (Å²) in [5.41, 5.74) is -6.39. The van der Waals surface area contributed by atoms with Crippen molar-refractivity contribution in [2.24, 2.45) is 0 Å². The van der Waals surface area contributed by atoms with Crippen LogP contribution in [0, 0.1) is 0 Å². The molecular formula is C30H42CaO30. The van der Waals surface area contributed by atoms with Crippen molar-refractivity contribution in [3.8, 4) is 0 Å². The second-order valence-electron chi connectivity index (χ2n) is 12.3. The van der Waals surface area contributed by atoms with E-state index in [1.807, 2.05) is 0 Å². The Balaban J connectivity index is -0.00000109. The second kappa shape index (κ2) is 27.5. The first-order chi connectivity index (χ1) is 27.3. The summed E-state index contributed by atoms with van der Waals surface area (Å²) in [5.74, 6) is -19.2. The van der Waals surface area contributed by atoms with Gasteiger partial charge in [-0.3, -0.25) is 19.2 Å². The molecule has 0 bridgehead atoms. The van der Waals surface area contributed by atoms with Gasteiger partial charge in [-0.2, -0.15) is 0 Å². The van der Waals surface area contributed by atoms with E-state index in [4.69, 9.17) is 40.9 Å². The van der Waals surface area contributed by atoms with Gasteiger partial charge in [0.2, 0.25) is 0 Å². The maximum Gasteiger partial charge on any atom is 2.00 e. The smallest absolute Gasteiger partial charge is 0.546 e. The molecule has 0 fully saturated rings. The van der Waals surface area contributed by atoms with Gasteiger partial charge in [-0.1, -0.05) is 0 Å². The Hall–Kier alpha value is -4.44. The van der Waals surface area contributed by atoms with Gasteiger partial charge in [-0.15, -0.1) is 0 Å². The van der Waals surface area contributed by atoms with E-state index in [-0.39, 0.29) is 37.7 Å². The third kappa shape index (κ3) is 20.8. The first-order valence-corrected chi connectivity index (χ1v) is 16.2. The average Bonchev–Trinajstić information content (AvgIpc) is 3.11. The number of hydrogen-bond donors (Lipinski definition) is 14. The van der Waals surface area contributed by atoms with Gasteiger partial charge in [0.05, 0.1) is 50.8 Å². The molecule has 0 rings (SSSR count). The molecule has 344 valence electrons. The largest absolute Gasteiger partial charge is 2.00 e. The van der Waals surface area contributed by atoms with Gasteiger partial charge < -0.3 is 110 Å². The minimum absolute atomic E-state index is 0. The normalized spacial score (nSPS) is 17.8. The molecule has 0 aliphatic heterocycles. The van der Waals surface area contributed by atoms with Crippen LogP contribution in [-0.4, -0.2) is 254 Å². The van der Waals surface area contributed by atoms with Crippen molar-refractivity contribution in [3.63, 3.8) is 0 Å². The fourth-order valence-corrected chi connectivity index (χ4v) is 4.01. The van der Waals surface area contributed by atoms with E-state index in [1.165, 1.54) is 0 Å². The number of esters is 4. The number of rotatable bonds is 26. The fraction of sp³-hybridized carbons (Fsp3) is 0.667. The third-order valence-electron chi connectivity index (χ3n) is 7.16. The Bertz CT molecular complexity index is 1440. The van der Waals surface area contributed by atoms with Crippen LogP contribution in [0.3, 0.4) is 0 Å². The van der Waals surface area contributed by atoms with Crippen LogP contribution >= 0.6 is 0 Å². The summed E-state index contributed by atoms with van der Waals surface area (Å²) >= 11 is 0. The Morgan fingerprint density at radius 3 is 0.951 bits per heavy atom. The Labute approximate surface area is 369 Å². The zero-order valence-electron chi connectivity index (χ0n) is 31.5. The number of aliphatic hydroxyl groups is 10. The van der Waals surface area contributed by atoms with E-state index in [9.17, 15) is 88.8 Å². The maximum absolute atomic E-state index is 12.0. The molecule has 12 atom stereocenters. The van der Waals surface area contributed by atoms with Gasteiger partial charge in [-0.25, -0.2) is 19.2 Å². The van der Waals surface area contributed by atoms with Crippen LogP contribution in [-0.2, 0) is 66.9 Å². The van der Waals surface area contributed by atoms with Crippen molar-refractivity contribution in [1.29, 1.82) is 0 Å². The minimum atomic E-state index is -3.19. The first-order valence-electron chi connectivity index (χ1n) is 16.2. The van der Waals surface area contributed by atoms with Gasteiger partial charge in [0.1, 0.15) is 36.6 Å². The quantitative estimate of drug-likeness (QED) is 0.0218. The molecule has 0 heterocycles. The van der Waals surface area contributed by atoms with Gasteiger partial charge in [0, 0.05) is 0 Å². The number of carbonyl (C=O) groups is 10. The van der Waals surface area contributed by atoms with Crippen LogP contribution in [0.2, 0.25) is 0 Å². The van der Waals surface area contributed by atoms with E-state index in [2.05, 4.69) is 18.9 Å². The van der Waals surface area contributed by atoms with Crippen molar-refractivity contribution in [1.82, 2.24) is 0 Å². The summed E-state index contributed by atoms with van der Waals surface area (Å²) in [4.78, 5) is 113. The van der Waals surface area contributed by atoms with Crippen LogP contribution in [0.25, 0.3) is 0 Å². The maximum atomic E-state index is 12.0. The molecule has 0 aliphatic carbocycles. The predicted octanol–water partition coefficient (Wildman–Crippen LogP) is -11.7. The molecule has 0 spiro atoms. The molecule has 0 aromatic heterocycles. The molecule has 0 saturated carbocycles. The molecule has 0 aromatic carbocycles. The summed E-state index contributed by atoms with van der Waals surface area (Å²) in [5, 5.41) is 152. The summed E-state index contributed by atoms with van der Waals surface area (Å²) in [6.07, 6.45) is -29.4. The number of carboxylic acid groups (broad SMARTS) is 6. The summed E-state index contributed by atoms with van der Waals surface area (Å²) in [6.45, 7) is -0.657. The minimum Gasteiger partial charge on any atom is -0.546 e. The van der Waals surface area contributed by atoms with E-state index in [0.717, 1.165) is 13.8 Å². The predicted molar refractivity (Wildman–Crippen MR) is 176 cm³/mol. The van der Waals surface area contributed by atoms with E-state index >= 15 is 0 Å². The summed E-state index contributed by atoms with van der Waals surface area (Å²) in [6, 6.07) is 0. The van der Waals surface area contributed by atoms with Crippen molar-refractivity contribution in [2.75, 3.05) is 13.2 Å². The molecule has 0 aliphatic rings. The molecule has 30 nitrogen and oxygen atoms in total. The second-order valence-corrected chi connectivity index (χ2v) is 12.3. The molecule has 4 unspecified atom stereocenters. The van der Waals surface area contributed by atoms with Crippen LogP contribution in [0.15, 0.2) is 0 Å². The molecule has 0 amide bonds. The Kier molecular flexibility index (Phi) is 27.4. The molecule has 14 N–H and O–H groups in total. The molecular weight excluding hydrogens is 880 g/mol. The van der Waals surface area contributed by atoms with Gasteiger partial charge in [0.15, 0.2) is 35.6 Å². The fourth-order valence-electron chi connectivity index (χ4n) is 4.01. The van der Waals surface area contributed by atoms with Gasteiger partial charge >= 0.3 is 85.5 Å². The molecule has 0 radical (unpaired) electrons. The number of carboxylic acids is 6. The average molecular weight is 923 g/mol. The molecule has 61 heavy (non-hydrogen) atoms. The monoisotopic (exact) mass is 922 g/mol. The third-order valence-corrected chi connectivity index (χ3v) is 7.16. The van der Waals surface area contributed by atoms with Crippen molar-refractivity contribution >= 4 is 97.4 Å². The number of aliphatic carboxylic acids is 6. The van der Waals surface area contributed by atoms with Crippen LogP contribution < -0.4 is 10.2 Å². The number of aliphatic hydroxyl groups excluding tert-OH is 8. The molecule has 31 heteroatoms. The summed E-state index contributed by atoms with van der Waals surface area (Å²) in [7, 11) is 0. The van der Waals surface area contributed by atoms with Crippen LogP contribution in [0.4, 0.5) is 0 Å². The first kappa shape index (κ1) is 60.9. The van der Waals surface area contributed by atoms with E-state index in [1.54, 1.807) is 0 Å². The van der Waals surface area contributed by atoms with Crippen LogP contribution in [0.5, 0.6) is 0 Å². The van der Waals surface area contributed by atoms with Crippen molar-refractivity contribution in [3.05, 3.63) is 0 Å². The van der Waals surface area contributed by atoms with Crippen LogP contribution in [0.1, 0.15) is 39.5 Å². The van der Waals surface area contributed by atoms with E-state index < -0.39 is 171 Å². The number of carbonyl (C=O) groups excluding carboxylic acids is 6. The molecule has 0 saturated heterocycles. The van der Waals surface area contributed by atoms with Gasteiger partial charge in [-0.05, 0) is 13.8 Å². The van der Waals surface area contributed by atoms with Crippen molar-refractivity contribution in [2.45, 2.75) is 112 Å². The standard InChI is InChI=1S/2C15H22O15.Ca/c2*1-5(17)13(25)30-11(12(23)24)10(9(22)6(18)4-16)29-8(21)3-15(28,14(26)27)2-7(19)20;/h2*5-6,9-11,16-18,22,28H,2-4H2,1H3,(H,19,20)(H,23,24)(H,26,27);/q;;+2/p-2/t2*5?,6-,9-,10+,11-,15?;/m11./s1. The molecule has 0 aromatic rings. The Morgan fingerprint density at radius 1 is 0.508 bits per heavy atom. The zero-order valence-corrected chi connectivity index (χ0v) is 33.7. The summed E-state index contributed by atoms with van der Waals surface area (Å²) < 4.78 is 17.7.